The largest absolute Gasteiger partial charge is 0.379 e. The van der Waals surface area contributed by atoms with Crippen LogP contribution < -0.4 is 15.4 Å². The van der Waals surface area contributed by atoms with Gasteiger partial charge in [0.05, 0.1) is 19.5 Å². The zero-order valence-corrected chi connectivity index (χ0v) is 17.2. The average Bonchev–Trinajstić information content (AvgIpc) is 2.49. The summed E-state index contributed by atoms with van der Waals surface area (Å²) in [6.07, 6.45) is 1.16. The van der Waals surface area contributed by atoms with E-state index in [0.717, 1.165) is 39.1 Å². The van der Waals surface area contributed by atoms with E-state index in [1.54, 1.807) is 7.05 Å². The minimum atomic E-state index is -3.26. The van der Waals surface area contributed by atoms with E-state index in [-0.39, 0.29) is 0 Å². The van der Waals surface area contributed by atoms with Crippen LogP contribution in [-0.4, -0.2) is 83.6 Å². The summed E-state index contributed by atoms with van der Waals surface area (Å²) in [6.45, 7) is 12.8. The van der Waals surface area contributed by atoms with Crippen molar-refractivity contribution in [2.45, 2.75) is 39.3 Å². The fraction of sp³-hybridized carbons (Fsp3) is 0.938. The van der Waals surface area contributed by atoms with E-state index < -0.39 is 15.6 Å². The minimum Gasteiger partial charge on any atom is -0.379 e. The number of rotatable bonds is 8. The van der Waals surface area contributed by atoms with Crippen molar-refractivity contribution >= 4 is 16.0 Å². The quantitative estimate of drug-likeness (QED) is 0.402. The van der Waals surface area contributed by atoms with Crippen LogP contribution in [0.5, 0.6) is 0 Å². The highest BCUT2D eigenvalue weighted by molar-refractivity contribution is 7.88. The van der Waals surface area contributed by atoms with Crippen LogP contribution in [0.4, 0.5) is 0 Å². The molecule has 8 nitrogen and oxygen atoms in total. The van der Waals surface area contributed by atoms with Gasteiger partial charge in [0, 0.05) is 44.8 Å². The Hall–Kier alpha value is -0.900. The summed E-state index contributed by atoms with van der Waals surface area (Å²) in [5.74, 6) is 1.18. The maximum Gasteiger partial charge on any atom is 0.209 e. The maximum absolute atomic E-state index is 11.4. The van der Waals surface area contributed by atoms with E-state index >= 15 is 0 Å². The Kier molecular flexibility index (Phi) is 8.59. The number of morpholine rings is 1. The SMILES string of the molecule is CN=C(NCC(C(C)C)N1CCOCC1)NCC(C)(C)NS(C)(=O)=O. The molecule has 148 valence electrons. The van der Waals surface area contributed by atoms with E-state index in [9.17, 15) is 8.42 Å². The predicted octanol–water partition coefficient (Wildman–Crippen LogP) is -0.164. The molecule has 1 unspecified atom stereocenters. The topological polar surface area (TPSA) is 95.1 Å². The molecule has 1 aliphatic rings. The number of hydrogen-bond donors (Lipinski definition) is 3. The molecular weight excluding hydrogens is 342 g/mol. The first-order valence-electron chi connectivity index (χ1n) is 8.79. The molecule has 0 aliphatic carbocycles. The van der Waals surface area contributed by atoms with E-state index in [4.69, 9.17) is 4.74 Å². The Morgan fingerprint density at radius 1 is 1.24 bits per heavy atom. The van der Waals surface area contributed by atoms with E-state index in [1.807, 2.05) is 13.8 Å². The highest BCUT2D eigenvalue weighted by atomic mass is 32.2. The third-order valence-corrected chi connectivity index (χ3v) is 5.07. The molecule has 1 aliphatic heterocycles. The van der Waals surface area contributed by atoms with Gasteiger partial charge in [-0.2, -0.15) is 0 Å². The van der Waals surface area contributed by atoms with Crippen LogP contribution in [0.2, 0.25) is 0 Å². The number of guanidine groups is 1. The van der Waals surface area contributed by atoms with Gasteiger partial charge in [0.15, 0.2) is 5.96 Å². The summed E-state index contributed by atoms with van der Waals surface area (Å²) in [7, 11) is -1.54. The summed E-state index contributed by atoms with van der Waals surface area (Å²) >= 11 is 0. The average molecular weight is 378 g/mol. The van der Waals surface area contributed by atoms with Gasteiger partial charge in [0.1, 0.15) is 0 Å². The van der Waals surface area contributed by atoms with Gasteiger partial charge in [-0.05, 0) is 19.8 Å². The van der Waals surface area contributed by atoms with Crippen molar-refractivity contribution in [2.24, 2.45) is 10.9 Å². The summed E-state index contributed by atoms with van der Waals surface area (Å²) in [5.41, 5.74) is -0.604. The van der Waals surface area contributed by atoms with Gasteiger partial charge in [0.25, 0.3) is 0 Å². The number of nitrogens with zero attached hydrogens (tertiary/aromatic N) is 2. The highest BCUT2D eigenvalue weighted by Crippen LogP contribution is 2.12. The van der Waals surface area contributed by atoms with Crippen molar-refractivity contribution in [2.75, 3.05) is 52.7 Å². The normalized spacial score (nSPS) is 19.1. The predicted molar refractivity (Wildman–Crippen MR) is 102 cm³/mol. The van der Waals surface area contributed by atoms with Crippen molar-refractivity contribution in [3.63, 3.8) is 0 Å². The van der Waals surface area contributed by atoms with Crippen molar-refractivity contribution < 1.29 is 13.2 Å². The number of aliphatic imine (C=N–C) groups is 1. The van der Waals surface area contributed by atoms with Gasteiger partial charge in [0.2, 0.25) is 10.0 Å². The van der Waals surface area contributed by atoms with Crippen LogP contribution in [0.3, 0.4) is 0 Å². The minimum absolute atomic E-state index is 0.393. The number of ether oxygens (including phenoxy) is 1. The molecule has 1 rings (SSSR count). The molecule has 3 N–H and O–H groups in total. The zero-order valence-electron chi connectivity index (χ0n) is 16.4. The molecule has 9 heteroatoms. The van der Waals surface area contributed by atoms with E-state index in [1.165, 1.54) is 0 Å². The molecule has 1 fully saturated rings. The van der Waals surface area contributed by atoms with Crippen LogP contribution in [0.15, 0.2) is 4.99 Å². The van der Waals surface area contributed by atoms with Gasteiger partial charge >= 0.3 is 0 Å². The monoisotopic (exact) mass is 377 g/mol. The van der Waals surface area contributed by atoms with Crippen molar-refractivity contribution in [1.82, 2.24) is 20.3 Å². The molecular formula is C16H35N5O3S. The van der Waals surface area contributed by atoms with E-state index in [0.29, 0.717) is 24.5 Å². The number of sulfonamides is 1. The zero-order chi connectivity index (χ0) is 19.1. The molecule has 1 atom stereocenters. The van der Waals surface area contributed by atoms with Crippen molar-refractivity contribution in [3.8, 4) is 0 Å². The lowest BCUT2D eigenvalue weighted by molar-refractivity contribution is 0.00752. The van der Waals surface area contributed by atoms with Crippen molar-refractivity contribution in [3.05, 3.63) is 0 Å². The fourth-order valence-corrected chi connectivity index (χ4v) is 4.04. The molecule has 0 radical (unpaired) electrons. The molecule has 0 bridgehead atoms. The summed E-state index contributed by atoms with van der Waals surface area (Å²) in [4.78, 5) is 6.69. The molecule has 0 amide bonds. The molecule has 0 spiro atoms. The first-order valence-corrected chi connectivity index (χ1v) is 10.7. The second-order valence-electron chi connectivity index (χ2n) is 7.52. The Bertz CT molecular complexity index is 528. The Labute approximate surface area is 152 Å². The standard InChI is InChI=1S/C16H35N5O3S/c1-13(2)14(21-7-9-24-10-8-21)11-18-15(17-5)19-12-16(3,4)20-25(6,22)23/h13-14,20H,7-12H2,1-6H3,(H2,17,18,19). The third-order valence-electron chi connectivity index (χ3n) is 4.15. The molecule has 0 saturated carbocycles. The Morgan fingerprint density at radius 2 is 1.84 bits per heavy atom. The second-order valence-corrected chi connectivity index (χ2v) is 9.27. The Balaban J connectivity index is 2.54. The van der Waals surface area contributed by atoms with Gasteiger partial charge in [-0.3, -0.25) is 9.89 Å². The lowest BCUT2D eigenvalue weighted by atomic mass is 10.0. The van der Waals surface area contributed by atoms with E-state index in [2.05, 4.69) is 39.1 Å². The van der Waals surface area contributed by atoms with Crippen LogP contribution in [0.1, 0.15) is 27.7 Å². The molecule has 1 saturated heterocycles. The summed E-state index contributed by atoms with van der Waals surface area (Å²) < 4.78 is 30.9. The van der Waals surface area contributed by atoms with Gasteiger partial charge < -0.3 is 15.4 Å². The first kappa shape index (κ1) is 22.1. The molecule has 0 aromatic carbocycles. The molecule has 0 aromatic heterocycles. The second kappa shape index (κ2) is 9.70. The summed E-state index contributed by atoms with van der Waals surface area (Å²) in [5, 5.41) is 6.56. The number of nitrogens with one attached hydrogen (secondary N) is 3. The maximum atomic E-state index is 11.4. The molecule has 25 heavy (non-hydrogen) atoms. The fourth-order valence-electron chi connectivity index (χ4n) is 2.96. The lowest BCUT2D eigenvalue weighted by Crippen LogP contribution is -2.55. The summed E-state index contributed by atoms with van der Waals surface area (Å²) in [6, 6.07) is 0.393. The smallest absolute Gasteiger partial charge is 0.209 e. The van der Waals surface area contributed by atoms with Crippen molar-refractivity contribution in [1.29, 1.82) is 0 Å². The van der Waals surface area contributed by atoms with Gasteiger partial charge in [-0.25, -0.2) is 13.1 Å². The molecule has 1 heterocycles. The van der Waals surface area contributed by atoms with Crippen LogP contribution in [-0.2, 0) is 14.8 Å². The van der Waals surface area contributed by atoms with Gasteiger partial charge in [-0.15, -0.1) is 0 Å². The van der Waals surface area contributed by atoms with Crippen LogP contribution in [0.25, 0.3) is 0 Å². The third kappa shape index (κ3) is 8.84. The van der Waals surface area contributed by atoms with Crippen LogP contribution >= 0.6 is 0 Å². The molecule has 0 aromatic rings. The number of hydrogen-bond acceptors (Lipinski definition) is 5. The van der Waals surface area contributed by atoms with Gasteiger partial charge in [-0.1, -0.05) is 13.8 Å². The van der Waals surface area contributed by atoms with Crippen LogP contribution in [0, 0.1) is 5.92 Å². The Morgan fingerprint density at radius 3 is 2.32 bits per heavy atom. The highest BCUT2D eigenvalue weighted by Gasteiger charge is 2.25. The lowest BCUT2D eigenvalue weighted by Gasteiger charge is -2.37. The first-order chi connectivity index (χ1) is 11.5.